The van der Waals surface area contributed by atoms with E-state index in [-0.39, 0.29) is 5.82 Å². The molecule has 0 fully saturated rings. The Kier molecular flexibility index (Phi) is 3.47. The van der Waals surface area contributed by atoms with Crippen LogP contribution in [0.4, 0.5) is 4.39 Å². The maximum atomic E-state index is 14.0. The van der Waals surface area contributed by atoms with Gasteiger partial charge in [-0.1, -0.05) is 29.8 Å². The van der Waals surface area contributed by atoms with Gasteiger partial charge in [-0.05, 0) is 24.3 Å². The molecule has 0 aliphatic rings. The second-order valence-corrected chi connectivity index (χ2v) is 5.10. The van der Waals surface area contributed by atoms with Crippen LogP contribution >= 0.6 is 11.6 Å². The van der Waals surface area contributed by atoms with Crippen LogP contribution in [0.25, 0.3) is 22.0 Å². The van der Waals surface area contributed by atoms with Crippen molar-refractivity contribution in [2.24, 2.45) is 5.73 Å². The fourth-order valence-electron chi connectivity index (χ4n) is 2.49. The Balaban J connectivity index is 2.30. The van der Waals surface area contributed by atoms with Crippen molar-refractivity contribution in [1.82, 2.24) is 4.57 Å². The predicted molar refractivity (Wildman–Crippen MR) is 81.4 cm³/mol. The van der Waals surface area contributed by atoms with Gasteiger partial charge >= 0.3 is 0 Å². The Morgan fingerprint density at radius 2 is 1.90 bits per heavy atom. The van der Waals surface area contributed by atoms with E-state index in [1.807, 2.05) is 35.0 Å². The van der Waals surface area contributed by atoms with Gasteiger partial charge in [-0.25, -0.2) is 4.39 Å². The Morgan fingerprint density at radius 1 is 1.10 bits per heavy atom. The first-order chi connectivity index (χ1) is 9.70. The quantitative estimate of drug-likeness (QED) is 0.774. The van der Waals surface area contributed by atoms with Gasteiger partial charge in [0.2, 0.25) is 0 Å². The number of nitrogens with zero attached hydrogens (tertiary/aromatic N) is 1. The van der Waals surface area contributed by atoms with E-state index in [0.29, 0.717) is 23.7 Å². The molecule has 3 rings (SSSR count). The first-order valence-corrected chi connectivity index (χ1v) is 6.82. The molecule has 0 aliphatic carbocycles. The molecule has 0 amide bonds. The Morgan fingerprint density at radius 3 is 2.65 bits per heavy atom. The summed E-state index contributed by atoms with van der Waals surface area (Å²) in [6, 6.07) is 12.4. The Hall–Kier alpha value is -1.84. The lowest BCUT2D eigenvalue weighted by Crippen LogP contribution is -2.08. The van der Waals surface area contributed by atoms with Gasteiger partial charge in [-0.2, -0.15) is 0 Å². The standard InChI is InChI=1S/C16H14ClFN2/c17-11-5-6-16-13(9-11)14(10-20(16)8-7-19)12-3-1-2-4-15(12)18/h1-6,9-10H,7-8,19H2. The van der Waals surface area contributed by atoms with Crippen LogP contribution in [-0.2, 0) is 6.54 Å². The average Bonchev–Trinajstić information content (AvgIpc) is 2.78. The highest BCUT2D eigenvalue weighted by Crippen LogP contribution is 2.33. The molecule has 0 saturated carbocycles. The third-order valence-electron chi connectivity index (χ3n) is 3.38. The average molecular weight is 289 g/mol. The number of hydrogen-bond acceptors (Lipinski definition) is 1. The van der Waals surface area contributed by atoms with Gasteiger partial charge in [0.1, 0.15) is 5.82 Å². The van der Waals surface area contributed by atoms with Gasteiger partial charge in [0.25, 0.3) is 0 Å². The maximum absolute atomic E-state index is 14.0. The van der Waals surface area contributed by atoms with Crippen molar-refractivity contribution >= 4 is 22.5 Å². The number of hydrogen-bond donors (Lipinski definition) is 1. The molecule has 0 spiro atoms. The number of aromatic nitrogens is 1. The van der Waals surface area contributed by atoms with E-state index in [0.717, 1.165) is 16.5 Å². The van der Waals surface area contributed by atoms with Gasteiger partial charge in [0, 0.05) is 46.3 Å². The van der Waals surface area contributed by atoms with E-state index >= 15 is 0 Å². The highest BCUT2D eigenvalue weighted by atomic mass is 35.5. The van der Waals surface area contributed by atoms with Crippen molar-refractivity contribution in [3.63, 3.8) is 0 Å². The molecular weight excluding hydrogens is 275 g/mol. The molecule has 4 heteroatoms. The molecule has 0 atom stereocenters. The molecule has 20 heavy (non-hydrogen) atoms. The fourth-order valence-corrected chi connectivity index (χ4v) is 2.66. The zero-order chi connectivity index (χ0) is 14.1. The number of rotatable bonds is 3. The lowest BCUT2D eigenvalue weighted by molar-refractivity contribution is 0.631. The minimum atomic E-state index is -0.237. The van der Waals surface area contributed by atoms with Crippen LogP contribution < -0.4 is 5.73 Å². The summed E-state index contributed by atoms with van der Waals surface area (Å²) >= 11 is 6.08. The molecule has 1 aromatic heterocycles. The van der Waals surface area contributed by atoms with E-state index in [2.05, 4.69) is 0 Å². The number of benzene rings is 2. The van der Waals surface area contributed by atoms with Gasteiger partial charge in [0.05, 0.1) is 0 Å². The third-order valence-corrected chi connectivity index (χ3v) is 3.61. The number of nitrogens with two attached hydrogens (primary N) is 1. The van der Waals surface area contributed by atoms with Crippen LogP contribution in [0.3, 0.4) is 0 Å². The van der Waals surface area contributed by atoms with Gasteiger partial charge in [0.15, 0.2) is 0 Å². The largest absolute Gasteiger partial charge is 0.346 e. The summed E-state index contributed by atoms with van der Waals surface area (Å²) in [4.78, 5) is 0. The fraction of sp³-hybridized carbons (Fsp3) is 0.125. The molecule has 0 aliphatic heterocycles. The molecule has 3 aromatic rings. The maximum Gasteiger partial charge on any atom is 0.131 e. The molecule has 2 nitrogen and oxygen atoms in total. The van der Waals surface area contributed by atoms with Crippen molar-refractivity contribution in [2.75, 3.05) is 6.54 Å². The molecule has 0 unspecified atom stereocenters. The van der Waals surface area contributed by atoms with Gasteiger partial charge in [-0.15, -0.1) is 0 Å². The van der Waals surface area contributed by atoms with Gasteiger partial charge in [-0.3, -0.25) is 0 Å². The molecule has 0 radical (unpaired) electrons. The topological polar surface area (TPSA) is 30.9 Å². The number of halogens is 2. The van der Waals surface area contributed by atoms with E-state index in [1.54, 1.807) is 12.1 Å². The van der Waals surface area contributed by atoms with Crippen LogP contribution in [-0.4, -0.2) is 11.1 Å². The summed E-state index contributed by atoms with van der Waals surface area (Å²) in [6.45, 7) is 1.22. The molecule has 2 N–H and O–H groups in total. The van der Waals surface area contributed by atoms with Crippen LogP contribution in [0.5, 0.6) is 0 Å². The van der Waals surface area contributed by atoms with Crippen LogP contribution in [0.15, 0.2) is 48.7 Å². The molecular formula is C16H14ClFN2. The molecule has 102 valence electrons. The summed E-state index contributed by atoms with van der Waals surface area (Å²) in [7, 11) is 0. The van der Waals surface area contributed by atoms with Crippen molar-refractivity contribution in [2.45, 2.75) is 6.54 Å². The normalized spacial score (nSPS) is 11.2. The SMILES string of the molecule is NCCn1cc(-c2ccccc2F)c2cc(Cl)ccc21. The summed E-state index contributed by atoms with van der Waals surface area (Å²) in [5.74, 6) is -0.237. The zero-order valence-corrected chi connectivity index (χ0v) is 11.6. The summed E-state index contributed by atoms with van der Waals surface area (Å²) in [6.07, 6.45) is 1.94. The van der Waals surface area contributed by atoms with Crippen molar-refractivity contribution in [3.05, 3.63) is 59.5 Å². The highest BCUT2D eigenvalue weighted by molar-refractivity contribution is 6.31. The first kappa shape index (κ1) is 13.2. The Bertz CT molecular complexity index is 764. The molecule has 0 bridgehead atoms. The second kappa shape index (κ2) is 5.27. The smallest absolute Gasteiger partial charge is 0.131 e. The van der Waals surface area contributed by atoms with Crippen molar-refractivity contribution in [3.8, 4) is 11.1 Å². The second-order valence-electron chi connectivity index (χ2n) is 4.67. The minimum absolute atomic E-state index is 0.237. The highest BCUT2D eigenvalue weighted by Gasteiger charge is 2.13. The first-order valence-electron chi connectivity index (χ1n) is 6.44. The van der Waals surface area contributed by atoms with Crippen molar-refractivity contribution in [1.29, 1.82) is 0 Å². The summed E-state index contributed by atoms with van der Waals surface area (Å²) in [5, 5.41) is 1.58. The number of fused-ring (bicyclic) bond motifs is 1. The lowest BCUT2D eigenvalue weighted by atomic mass is 10.0. The summed E-state index contributed by atoms with van der Waals surface area (Å²) in [5.41, 5.74) is 8.07. The molecule has 2 aromatic carbocycles. The minimum Gasteiger partial charge on any atom is -0.346 e. The van der Waals surface area contributed by atoms with Crippen LogP contribution in [0, 0.1) is 5.82 Å². The lowest BCUT2D eigenvalue weighted by Gasteiger charge is -2.02. The van der Waals surface area contributed by atoms with Gasteiger partial charge < -0.3 is 10.3 Å². The summed E-state index contributed by atoms with van der Waals surface area (Å²) < 4.78 is 16.1. The Labute approximate surface area is 121 Å². The van der Waals surface area contributed by atoms with Crippen LogP contribution in [0.2, 0.25) is 5.02 Å². The predicted octanol–water partition coefficient (Wildman–Crippen LogP) is 4.06. The molecule has 0 saturated heterocycles. The van der Waals surface area contributed by atoms with E-state index in [1.165, 1.54) is 6.07 Å². The molecule has 1 heterocycles. The van der Waals surface area contributed by atoms with Crippen LogP contribution in [0.1, 0.15) is 0 Å². The van der Waals surface area contributed by atoms with E-state index in [4.69, 9.17) is 17.3 Å². The third kappa shape index (κ3) is 2.19. The monoisotopic (exact) mass is 288 g/mol. The zero-order valence-electron chi connectivity index (χ0n) is 10.8. The van der Waals surface area contributed by atoms with Crippen molar-refractivity contribution < 1.29 is 4.39 Å². The van der Waals surface area contributed by atoms with E-state index in [9.17, 15) is 4.39 Å². The van der Waals surface area contributed by atoms with E-state index < -0.39 is 0 Å².